The number of likely N-dealkylation sites (N-methyl/N-ethyl adjacent to an activating group) is 1. The van der Waals surface area contributed by atoms with E-state index in [1.807, 2.05) is 13.1 Å². The van der Waals surface area contributed by atoms with Crippen LogP contribution in [-0.2, 0) is 4.79 Å². The van der Waals surface area contributed by atoms with Gasteiger partial charge in [0.15, 0.2) is 0 Å². The van der Waals surface area contributed by atoms with Crippen LogP contribution in [-0.4, -0.2) is 60.1 Å². The highest BCUT2D eigenvalue weighted by Crippen LogP contribution is 2.11. The number of nitrogens with zero attached hydrogens (tertiary/aromatic N) is 2. The van der Waals surface area contributed by atoms with Gasteiger partial charge in [-0.3, -0.25) is 9.69 Å². The maximum Gasteiger partial charge on any atom is 0.304 e. The van der Waals surface area contributed by atoms with E-state index in [2.05, 4.69) is 16.4 Å². The zero-order chi connectivity index (χ0) is 11.3. The molecule has 0 saturated carbocycles. The number of carboxylic acid groups (broad SMARTS) is 1. The molecule has 0 aliphatic carbocycles. The molecule has 0 aromatic carbocycles. The average molecular weight is 212 g/mol. The second-order valence-electron chi connectivity index (χ2n) is 4.15. The van der Waals surface area contributed by atoms with Crippen molar-refractivity contribution in [2.24, 2.45) is 0 Å². The van der Waals surface area contributed by atoms with Gasteiger partial charge >= 0.3 is 5.97 Å². The molecule has 4 nitrogen and oxygen atoms in total. The highest BCUT2D eigenvalue weighted by atomic mass is 16.4. The molecule has 1 saturated heterocycles. The fraction of sp³-hybridized carbons (Fsp3) is 0.727. The summed E-state index contributed by atoms with van der Waals surface area (Å²) in [5.74, 6) is -0.718. The first-order chi connectivity index (χ1) is 7.13. The van der Waals surface area contributed by atoms with Gasteiger partial charge in [0, 0.05) is 25.7 Å². The highest BCUT2D eigenvalue weighted by molar-refractivity contribution is 5.67. The first-order valence-corrected chi connectivity index (χ1v) is 5.38. The Kier molecular flexibility index (Phi) is 4.78. The van der Waals surface area contributed by atoms with Crippen molar-refractivity contribution in [3.05, 3.63) is 12.7 Å². The van der Waals surface area contributed by atoms with Gasteiger partial charge in [0.05, 0.1) is 6.42 Å². The first-order valence-electron chi connectivity index (χ1n) is 5.38. The summed E-state index contributed by atoms with van der Waals surface area (Å²) >= 11 is 0. The lowest BCUT2D eigenvalue weighted by atomic mass is 10.1. The summed E-state index contributed by atoms with van der Waals surface area (Å²) in [4.78, 5) is 15.2. The molecule has 4 heteroatoms. The standard InChI is InChI=1S/C11H20N2O2/c1-3-5-13-7-4-6-12(2)9-10(13)8-11(14)15/h3,10H,1,4-9H2,2H3,(H,14,15). The largest absolute Gasteiger partial charge is 0.481 e. The maximum atomic E-state index is 10.8. The van der Waals surface area contributed by atoms with Crippen molar-refractivity contribution in [3.8, 4) is 0 Å². The van der Waals surface area contributed by atoms with Gasteiger partial charge in [-0.05, 0) is 20.0 Å². The van der Waals surface area contributed by atoms with Crippen LogP contribution in [0.5, 0.6) is 0 Å². The van der Waals surface area contributed by atoms with Crippen LogP contribution in [0.4, 0.5) is 0 Å². The molecular formula is C11H20N2O2. The van der Waals surface area contributed by atoms with Gasteiger partial charge in [0.25, 0.3) is 0 Å². The van der Waals surface area contributed by atoms with Crippen molar-refractivity contribution in [2.45, 2.75) is 18.9 Å². The summed E-state index contributed by atoms with van der Waals surface area (Å²) in [5, 5.41) is 8.86. The molecule has 0 aromatic heterocycles. The van der Waals surface area contributed by atoms with Crippen molar-refractivity contribution in [2.75, 3.05) is 33.2 Å². The van der Waals surface area contributed by atoms with Crippen molar-refractivity contribution in [3.63, 3.8) is 0 Å². The van der Waals surface area contributed by atoms with Crippen molar-refractivity contribution >= 4 is 5.97 Å². The van der Waals surface area contributed by atoms with E-state index < -0.39 is 5.97 Å². The molecule has 1 fully saturated rings. The lowest BCUT2D eigenvalue weighted by Gasteiger charge is -2.28. The quantitative estimate of drug-likeness (QED) is 0.695. The Hall–Kier alpha value is -0.870. The third kappa shape index (κ3) is 4.01. The number of rotatable bonds is 4. The smallest absolute Gasteiger partial charge is 0.304 e. The van der Waals surface area contributed by atoms with Gasteiger partial charge < -0.3 is 10.0 Å². The normalized spacial score (nSPS) is 24.7. The lowest BCUT2D eigenvalue weighted by Crippen LogP contribution is -2.41. The number of aliphatic carboxylic acids is 1. The van der Waals surface area contributed by atoms with Crippen LogP contribution < -0.4 is 0 Å². The number of carbonyl (C=O) groups is 1. The summed E-state index contributed by atoms with van der Waals surface area (Å²) in [7, 11) is 2.05. The monoisotopic (exact) mass is 212 g/mol. The predicted molar refractivity (Wildman–Crippen MR) is 59.9 cm³/mol. The number of hydrogen-bond donors (Lipinski definition) is 1. The van der Waals surface area contributed by atoms with Crippen LogP contribution in [0.2, 0.25) is 0 Å². The molecule has 0 bridgehead atoms. The van der Waals surface area contributed by atoms with E-state index in [9.17, 15) is 4.79 Å². The molecule has 0 amide bonds. The molecule has 1 unspecified atom stereocenters. The van der Waals surface area contributed by atoms with E-state index in [4.69, 9.17) is 5.11 Å². The van der Waals surface area contributed by atoms with Crippen LogP contribution in [0.15, 0.2) is 12.7 Å². The fourth-order valence-corrected chi connectivity index (χ4v) is 2.09. The summed E-state index contributed by atoms with van der Waals surface area (Å²) in [6.07, 6.45) is 3.17. The van der Waals surface area contributed by atoms with E-state index >= 15 is 0 Å². The minimum Gasteiger partial charge on any atom is -0.481 e. The number of hydrogen-bond acceptors (Lipinski definition) is 3. The molecular weight excluding hydrogens is 192 g/mol. The third-order valence-electron chi connectivity index (χ3n) is 2.80. The summed E-state index contributed by atoms with van der Waals surface area (Å²) < 4.78 is 0. The summed E-state index contributed by atoms with van der Waals surface area (Å²) in [5.41, 5.74) is 0. The van der Waals surface area contributed by atoms with Crippen LogP contribution in [0.3, 0.4) is 0 Å². The Labute approximate surface area is 91.2 Å². The minimum atomic E-state index is -0.718. The summed E-state index contributed by atoms with van der Waals surface area (Å²) in [6.45, 7) is 7.34. The van der Waals surface area contributed by atoms with Crippen molar-refractivity contribution in [1.82, 2.24) is 9.80 Å². The third-order valence-corrected chi connectivity index (χ3v) is 2.80. The molecule has 1 atom stereocenters. The SMILES string of the molecule is C=CCN1CCCN(C)CC1CC(=O)O. The number of carboxylic acids is 1. The lowest BCUT2D eigenvalue weighted by molar-refractivity contribution is -0.138. The predicted octanol–water partition coefficient (Wildman–Crippen LogP) is 0.653. The van der Waals surface area contributed by atoms with Gasteiger partial charge in [-0.1, -0.05) is 6.08 Å². The van der Waals surface area contributed by atoms with E-state index in [1.54, 1.807) is 0 Å². The first kappa shape index (κ1) is 12.2. The summed E-state index contributed by atoms with van der Waals surface area (Å²) in [6, 6.07) is 0.119. The molecule has 1 aliphatic rings. The van der Waals surface area contributed by atoms with E-state index in [0.717, 1.165) is 32.6 Å². The van der Waals surface area contributed by atoms with E-state index in [-0.39, 0.29) is 12.5 Å². The van der Waals surface area contributed by atoms with Gasteiger partial charge in [-0.25, -0.2) is 0 Å². The molecule has 1 heterocycles. The van der Waals surface area contributed by atoms with Crippen LogP contribution >= 0.6 is 0 Å². The van der Waals surface area contributed by atoms with Gasteiger partial charge in [0.2, 0.25) is 0 Å². The molecule has 0 spiro atoms. The molecule has 1 rings (SSSR count). The Morgan fingerprint density at radius 2 is 2.33 bits per heavy atom. The second kappa shape index (κ2) is 5.88. The molecule has 0 aromatic rings. The zero-order valence-corrected chi connectivity index (χ0v) is 9.35. The minimum absolute atomic E-state index is 0.119. The van der Waals surface area contributed by atoms with E-state index in [0.29, 0.717) is 0 Å². The molecule has 1 aliphatic heterocycles. The maximum absolute atomic E-state index is 10.8. The topological polar surface area (TPSA) is 43.8 Å². The molecule has 0 radical (unpaired) electrons. The van der Waals surface area contributed by atoms with Gasteiger partial charge in [-0.15, -0.1) is 6.58 Å². The molecule has 86 valence electrons. The van der Waals surface area contributed by atoms with Crippen LogP contribution in [0.25, 0.3) is 0 Å². The Morgan fingerprint density at radius 3 is 2.93 bits per heavy atom. The Bertz CT molecular complexity index is 231. The van der Waals surface area contributed by atoms with E-state index in [1.165, 1.54) is 0 Å². The van der Waals surface area contributed by atoms with Crippen LogP contribution in [0.1, 0.15) is 12.8 Å². The highest BCUT2D eigenvalue weighted by Gasteiger charge is 2.24. The van der Waals surface area contributed by atoms with Gasteiger partial charge in [0.1, 0.15) is 0 Å². The zero-order valence-electron chi connectivity index (χ0n) is 9.35. The van der Waals surface area contributed by atoms with Crippen LogP contribution in [0, 0.1) is 0 Å². The average Bonchev–Trinajstić information content (AvgIpc) is 2.29. The van der Waals surface area contributed by atoms with Crippen molar-refractivity contribution in [1.29, 1.82) is 0 Å². The fourth-order valence-electron chi connectivity index (χ4n) is 2.09. The van der Waals surface area contributed by atoms with Crippen molar-refractivity contribution < 1.29 is 9.90 Å². The Morgan fingerprint density at radius 1 is 1.60 bits per heavy atom. The Balaban J connectivity index is 2.62. The van der Waals surface area contributed by atoms with Gasteiger partial charge in [-0.2, -0.15) is 0 Å². The second-order valence-corrected chi connectivity index (χ2v) is 4.15. The molecule has 15 heavy (non-hydrogen) atoms. The molecule has 1 N–H and O–H groups in total.